The molecule has 0 aliphatic carbocycles. The molecule has 0 amide bonds. The Kier molecular flexibility index (Phi) is 3.76. The quantitative estimate of drug-likeness (QED) is 0.623. The number of nitrogens with zero attached hydrogens (tertiary/aromatic N) is 1. The van der Waals surface area contributed by atoms with Gasteiger partial charge in [-0.05, 0) is 33.4 Å². The molecule has 0 atom stereocenters. The highest BCUT2D eigenvalue weighted by molar-refractivity contribution is 4.99. The van der Waals surface area contributed by atoms with Crippen LogP contribution in [0.5, 0.6) is 0 Å². The first-order chi connectivity index (χ1) is 4.88. The number of hydrogen-bond acceptors (Lipinski definition) is 2. The molecule has 0 saturated carbocycles. The summed E-state index contributed by atoms with van der Waals surface area (Å²) in [5, 5.41) is 0. The second-order valence-electron chi connectivity index (χ2n) is 3.98. The van der Waals surface area contributed by atoms with Crippen molar-refractivity contribution >= 4 is 0 Å². The monoisotopic (exact) mass is 156 g/mol. The molecule has 0 fully saturated rings. The molecule has 0 aromatic heterocycles. The van der Waals surface area contributed by atoms with Crippen LogP contribution < -0.4 is 5.73 Å². The summed E-state index contributed by atoms with van der Waals surface area (Å²) in [4.78, 5) is 2.24. The molecule has 0 unspecified atom stereocenters. The van der Waals surface area contributed by atoms with E-state index in [-0.39, 0.29) is 5.54 Å². The van der Waals surface area contributed by atoms with Crippen molar-refractivity contribution in [1.82, 2.24) is 4.90 Å². The molecule has 0 radical (unpaired) electrons. The molecule has 0 spiro atoms. The van der Waals surface area contributed by atoms with Crippen LogP contribution in [0, 0.1) is 0 Å². The smallest absolute Gasteiger partial charge is 0.0204 e. The average Bonchev–Trinajstić information content (AvgIpc) is 1.85. The maximum absolute atomic E-state index is 5.44. The van der Waals surface area contributed by atoms with E-state index < -0.39 is 0 Å². The molecule has 0 rings (SSSR count). The van der Waals surface area contributed by atoms with Gasteiger partial charge in [0.2, 0.25) is 0 Å². The van der Waals surface area contributed by atoms with E-state index in [4.69, 9.17) is 5.73 Å². The summed E-state index contributed by atoms with van der Waals surface area (Å²) >= 11 is 0. The lowest BCUT2D eigenvalue weighted by atomic mass is 10.1. The number of nitrogens with two attached hydrogens (primary N) is 1. The molecule has 66 valence electrons. The van der Waals surface area contributed by atoms with Gasteiger partial charge in [0, 0.05) is 18.6 Å². The predicted molar refractivity (Wildman–Crippen MR) is 50.6 cm³/mol. The first kappa shape index (κ1) is 10.7. The predicted octanol–water partition coefficient (Wildman–Crippen LogP) is 1.23. The Morgan fingerprint density at radius 2 is 1.91 bits per heavy atom. The highest BCUT2D eigenvalue weighted by Gasteiger charge is 2.16. The third-order valence-electron chi connectivity index (χ3n) is 1.89. The zero-order valence-corrected chi connectivity index (χ0v) is 8.15. The van der Waals surface area contributed by atoms with Gasteiger partial charge in [-0.15, -0.1) is 0 Å². The van der Waals surface area contributed by atoms with Gasteiger partial charge in [0.05, 0.1) is 0 Å². The number of likely N-dealkylation sites (N-methyl/N-ethyl adjacent to an activating group) is 1. The van der Waals surface area contributed by atoms with Crippen molar-refractivity contribution in [2.24, 2.45) is 5.73 Å². The molecular formula is C9H20N2. The van der Waals surface area contributed by atoms with E-state index >= 15 is 0 Å². The first-order valence-corrected chi connectivity index (χ1v) is 3.96. The molecule has 0 aliphatic rings. The third-order valence-corrected chi connectivity index (χ3v) is 1.89. The standard InChI is InChI=1S/C9H20N2/c1-8(6-10)7-11(5)9(2,3)4/h1,6-7,10H2,2-5H3. The Labute approximate surface area is 70.1 Å². The molecule has 0 bridgehead atoms. The van der Waals surface area contributed by atoms with Crippen molar-refractivity contribution in [3.63, 3.8) is 0 Å². The zero-order chi connectivity index (χ0) is 9.07. The second-order valence-corrected chi connectivity index (χ2v) is 3.98. The van der Waals surface area contributed by atoms with Crippen LogP contribution in [0.3, 0.4) is 0 Å². The second kappa shape index (κ2) is 3.88. The van der Waals surface area contributed by atoms with E-state index in [1.54, 1.807) is 0 Å². The topological polar surface area (TPSA) is 29.3 Å². The Morgan fingerprint density at radius 1 is 1.45 bits per heavy atom. The van der Waals surface area contributed by atoms with Crippen molar-refractivity contribution in [3.05, 3.63) is 12.2 Å². The molecule has 2 heteroatoms. The van der Waals surface area contributed by atoms with Crippen molar-refractivity contribution in [1.29, 1.82) is 0 Å². The highest BCUT2D eigenvalue weighted by atomic mass is 15.2. The lowest BCUT2D eigenvalue weighted by molar-refractivity contribution is 0.191. The summed E-state index contributed by atoms with van der Waals surface area (Å²) in [5.41, 5.74) is 6.73. The van der Waals surface area contributed by atoms with E-state index in [0.717, 1.165) is 12.1 Å². The Hall–Kier alpha value is -0.340. The average molecular weight is 156 g/mol. The van der Waals surface area contributed by atoms with Crippen LogP contribution in [0.25, 0.3) is 0 Å². The van der Waals surface area contributed by atoms with Gasteiger partial charge in [-0.1, -0.05) is 6.58 Å². The highest BCUT2D eigenvalue weighted by Crippen LogP contribution is 2.10. The molecular weight excluding hydrogens is 136 g/mol. The molecule has 0 heterocycles. The molecule has 0 aromatic carbocycles. The summed E-state index contributed by atoms with van der Waals surface area (Å²) in [6.45, 7) is 11.9. The minimum Gasteiger partial charge on any atom is -0.327 e. The van der Waals surface area contributed by atoms with Crippen LogP contribution in [0.15, 0.2) is 12.2 Å². The maximum Gasteiger partial charge on any atom is 0.0204 e. The molecule has 0 saturated heterocycles. The summed E-state index contributed by atoms with van der Waals surface area (Å²) < 4.78 is 0. The minimum absolute atomic E-state index is 0.206. The van der Waals surface area contributed by atoms with E-state index in [9.17, 15) is 0 Å². The summed E-state index contributed by atoms with van der Waals surface area (Å²) in [6, 6.07) is 0. The Bertz CT molecular complexity index is 133. The van der Waals surface area contributed by atoms with Gasteiger partial charge < -0.3 is 5.73 Å². The molecule has 11 heavy (non-hydrogen) atoms. The van der Waals surface area contributed by atoms with Gasteiger partial charge >= 0.3 is 0 Å². The van der Waals surface area contributed by atoms with E-state index in [0.29, 0.717) is 6.54 Å². The largest absolute Gasteiger partial charge is 0.327 e. The van der Waals surface area contributed by atoms with Gasteiger partial charge in [0.15, 0.2) is 0 Å². The fourth-order valence-electron chi connectivity index (χ4n) is 0.637. The van der Waals surface area contributed by atoms with Crippen molar-refractivity contribution in [2.75, 3.05) is 20.1 Å². The van der Waals surface area contributed by atoms with Crippen LogP contribution in [0.1, 0.15) is 20.8 Å². The van der Waals surface area contributed by atoms with Crippen LogP contribution in [0.4, 0.5) is 0 Å². The van der Waals surface area contributed by atoms with Crippen molar-refractivity contribution in [2.45, 2.75) is 26.3 Å². The van der Waals surface area contributed by atoms with Gasteiger partial charge in [-0.25, -0.2) is 0 Å². The lowest BCUT2D eigenvalue weighted by Gasteiger charge is -2.32. The Morgan fingerprint density at radius 3 is 2.18 bits per heavy atom. The third kappa shape index (κ3) is 4.17. The van der Waals surface area contributed by atoms with E-state index in [2.05, 4.69) is 39.3 Å². The van der Waals surface area contributed by atoms with Crippen LogP contribution in [-0.4, -0.2) is 30.6 Å². The minimum atomic E-state index is 0.206. The van der Waals surface area contributed by atoms with Crippen molar-refractivity contribution in [3.8, 4) is 0 Å². The molecule has 2 nitrogen and oxygen atoms in total. The molecule has 2 N–H and O–H groups in total. The Balaban J connectivity index is 3.87. The van der Waals surface area contributed by atoms with E-state index in [1.165, 1.54) is 0 Å². The zero-order valence-electron chi connectivity index (χ0n) is 8.15. The molecule has 0 aromatic rings. The normalized spacial score (nSPS) is 12.2. The fourth-order valence-corrected chi connectivity index (χ4v) is 0.637. The molecule has 0 aliphatic heterocycles. The SMILES string of the molecule is C=C(CN)CN(C)C(C)(C)C. The maximum atomic E-state index is 5.44. The van der Waals surface area contributed by atoms with Crippen LogP contribution >= 0.6 is 0 Å². The first-order valence-electron chi connectivity index (χ1n) is 3.96. The van der Waals surface area contributed by atoms with Crippen LogP contribution in [-0.2, 0) is 0 Å². The van der Waals surface area contributed by atoms with Gasteiger partial charge in [0.1, 0.15) is 0 Å². The van der Waals surface area contributed by atoms with Gasteiger partial charge in [-0.3, -0.25) is 4.90 Å². The summed E-state index contributed by atoms with van der Waals surface area (Å²) in [6.07, 6.45) is 0. The number of hydrogen-bond donors (Lipinski definition) is 1. The lowest BCUT2D eigenvalue weighted by Crippen LogP contribution is -2.39. The van der Waals surface area contributed by atoms with Gasteiger partial charge in [0.25, 0.3) is 0 Å². The number of rotatable bonds is 3. The van der Waals surface area contributed by atoms with Crippen LogP contribution in [0.2, 0.25) is 0 Å². The van der Waals surface area contributed by atoms with Gasteiger partial charge in [-0.2, -0.15) is 0 Å². The fraction of sp³-hybridized carbons (Fsp3) is 0.778. The van der Waals surface area contributed by atoms with E-state index in [1.807, 2.05) is 0 Å². The summed E-state index contributed by atoms with van der Waals surface area (Å²) in [7, 11) is 2.08. The van der Waals surface area contributed by atoms with Crippen molar-refractivity contribution < 1.29 is 0 Å². The summed E-state index contributed by atoms with van der Waals surface area (Å²) in [5.74, 6) is 0.